The molecule has 30 heavy (non-hydrogen) atoms. The van der Waals surface area contributed by atoms with Gasteiger partial charge in [-0.15, -0.1) is 11.8 Å². The third kappa shape index (κ3) is 3.96. The average Bonchev–Trinajstić information content (AvgIpc) is 3.03. The summed E-state index contributed by atoms with van der Waals surface area (Å²) in [6.07, 6.45) is 1.82. The van der Waals surface area contributed by atoms with E-state index in [-0.39, 0.29) is 11.9 Å². The first-order chi connectivity index (χ1) is 14.6. The van der Waals surface area contributed by atoms with Gasteiger partial charge in [-0.1, -0.05) is 24.0 Å². The number of thioether (sulfide) groups is 1. The van der Waals surface area contributed by atoms with Crippen LogP contribution in [0.4, 0.5) is 5.82 Å². The lowest BCUT2D eigenvalue weighted by Gasteiger charge is -2.19. The zero-order chi connectivity index (χ0) is 21.1. The van der Waals surface area contributed by atoms with Gasteiger partial charge in [-0.2, -0.15) is 5.10 Å². The van der Waals surface area contributed by atoms with Crippen LogP contribution in [0, 0.1) is 18.8 Å². The van der Waals surface area contributed by atoms with Crippen LogP contribution in [0.15, 0.2) is 42.6 Å². The first kappa shape index (κ1) is 20.5. The Kier molecular flexibility index (Phi) is 6.12. The minimum atomic E-state index is -0.129. The summed E-state index contributed by atoms with van der Waals surface area (Å²) in [5.74, 6) is 7.82. The summed E-state index contributed by atoms with van der Waals surface area (Å²) < 4.78 is 2.06. The smallest absolute Gasteiger partial charge is 0.129 e. The summed E-state index contributed by atoms with van der Waals surface area (Å²) in [6, 6.07) is 12.6. The van der Waals surface area contributed by atoms with Gasteiger partial charge in [0.05, 0.1) is 10.9 Å². The molecule has 0 spiro atoms. The van der Waals surface area contributed by atoms with Crippen LogP contribution in [0.3, 0.4) is 0 Å². The standard InChI is InChI=1S/C24H26N4OS/c1-4-28-24-21(22(27-28)20-9-5-6-12-25-20)23(30-15-17(3)26-24)19-11-10-18(8-7-13-29)14-16(19)2/h5-6,9-12,14,17,23,26,29H,4,13,15H2,1-3H3/t17-,23-/m0/s1. The molecule has 4 rings (SSSR count). The fraction of sp³-hybridized carbons (Fsp3) is 0.333. The molecule has 5 nitrogen and oxygen atoms in total. The number of nitrogens with zero attached hydrogens (tertiary/aromatic N) is 3. The van der Waals surface area contributed by atoms with E-state index in [0.29, 0.717) is 6.04 Å². The molecule has 0 radical (unpaired) electrons. The van der Waals surface area contributed by atoms with Gasteiger partial charge in [0.1, 0.15) is 18.1 Å². The van der Waals surface area contributed by atoms with Gasteiger partial charge in [0.25, 0.3) is 0 Å². The molecule has 1 aromatic carbocycles. The molecule has 2 N–H and O–H groups in total. The van der Waals surface area contributed by atoms with Gasteiger partial charge >= 0.3 is 0 Å². The van der Waals surface area contributed by atoms with E-state index < -0.39 is 0 Å². The van der Waals surface area contributed by atoms with Crippen molar-refractivity contribution in [1.82, 2.24) is 14.8 Å². The Hall–Kier alpha value is -2.75. The molecule has 6 heteroatoms. The van der Waals surface area contributed by atoms with Crippen LogP contribution in [-0.4, -0.2) is 38.3 Å². The third-order valence-corrected chi connectivity index (χ3v) is 6.73. The van der Waals surface area contributed by atoms with E-state index in [1.807, 2.05) is 42.2 Å². The highest BCUT2D eigenvalue weighted by Gasteiger charge is 2.32. The van der Waals surface area contributed by atoms with Crippen molar-refractivity contribution in [2.45, 2.75) is 38.6 Å². The molecule has 3 heterocycles. The third-order valence-electron chi connectivity index (χ3n) is 5.22. The van der Waals surface area contributed by atoms with Gasteiger partial charge in [-0.3, -0.25) is 4.98 Å². The molecule has 0 unspecified atom stereocenters. The normalized spacial score (nSPS) is 18.0. The van der Waals surface area contributed by atoms with E-state index in [1.165, 1.54) is 16.7 Å². The van der Waals surface area contributed by atoms with Crippen LogP contribution >= 0.6 is 11.8 Å². The molecule has 0 fully saturated rings. The number of aromatic nitrogens is 3. The predicted octanol–water partition coefficient (Wildman–Crippen LogP) is 4.25. The molecular formula is C24H26N4OS. The quantitative estimate of drug-likeness (QED) is 0.623. The molecule has 3 aromatic rings. The van der Waals surface area contributed by atoms with Crippen molar-refractivity contribution in [3.63, 3.8) is 0 Å². The molecule has 1 aliphatic rings. The highest BCUT2D eigenvalue weighted by atomic mass is 32.2. The number of rotatable bonds is 3. The number of aliphatic hydroxyl groups excluding tert-OH is 1. The number of fused-ring (bicyclic) bond motifs is 1. The van der Waals surface area contributed by atoms with Gasteiger partial charge in [-0.25, -0.2) is 4.68 Å². The van der Waals surface area contributed by atoms with Gasteiger partial charge in [-0.05, 0) is 56.2 Å². The lowest BCUT2D eigenvalue weighted by Crippen LogP contribution is -2.19. The maximum absolute atomic E-state index is 8.99. The maximum atomic E-state index is 8.99. The Balaban J connectivity index is 1.89. The number of nitrogens with one attached hydrogen (secondary N) is 1. The minimum Gasteiger partial charge on any atom is -0.384 e. The first-order valence-corrected chi connectivity index (χ1v) is 11.3. The highest BCUT2D eigenvalue weighted by Crippen LogP contribution is 2.47. The molecule has 2 atom stereocenters. The first-order valence-electron chi connectivity index (χ1n) is 10.2. The second kappa shape index (κ2) is 8.95. The van der Waals surface area contributed by atoms with Gasteiger partial charge in [0, 0.05) is 35.7 Å². The number of hydrogen-bond acceptors (Lipinski definition) is 5. The summed E-state index contributed by atoms with van der Waals surface area (Å²) in [5.41, 5.74) is 6.40. The molecule has 0 bridgehead atoms. The number of aryl methyl sites for hydroxylation is 2. The number of benzene rings is 1. The Morgan fingerprint density at radius 1 is 1.30 bits per heavy atom. The number of anilines is 1. The molecular weight excluding hydrogens is 392 g/mol. The molecule has 0 aliphatic carbocycles. The Labute approximate surface area is 181 Å². The van der Waals surface area contributed by atoms with E-state index in [4.69, 9.17) is 10.2 Å². The fourth-order valence-corrected chi connectivity index (χ4v) is 5.23. The van der Waals surface area contributed by atoms with Crippen LogP contribution in [0.2, 0.25) is 0 Å². The monoisotopic (exact) mass is 418 g/mol. The van der Waals surface area contributed by atoms with Crippen molar-refractivity contribution < 1.29 is 5.11 Å². The molecule has 1 aliphatic heterocycles. The summed E-state index contributed by atoms with van der Waals surface area (Å²) in [6.45, 7) is 7.13. The minimum absolute atomic E-state index is 0.129. The van der Waals surface area contributed by atoms with E-state index in [2.05, 4.69) is 59.7 Å². The van der Waals surface area contributed by atoms with E-state index in [0.717, 1.165) is 35.1 Å². The van der Waals surface area contributed by atoms with E-state index >= 15 is 0 Å². The number of hydrogen-bond donors (Lipinski definition) is 2. The number of aliphatic hydroxyl groups is 1. The average molecular weight is 419 g/mol. The Bertz CT molecular complexity index is 1100. The Morgan fingerprint density at radius 3 is 2.87 bits per heavy atom. The van der Waals surface area contributed by atoms with Crippen LogP contribution in [-0.2, 0) is 6.54 Å². The molecule has 0 saturated carbocycles. The zero-order valence-electron chi connectivity index (χ0n) is 17.5. The number of pyridine rings is 1. The largest absolute Gasteiger partial charge is 0.384 e. The van der Waals surface area contributed by atoms with Crippen molar-refractivity contribution in [2.75, 3.05) is 17.7 Å². The second-order valence-corrected chi connectivity index (χ2v) is 8.57. The highest BCUT2D eigenvalue weighted by molar-refractivity contribution is 7.99. The lowest BCUT2D eigenvalue weighted by atomic mass is 9.96. The maximum Gasteiger partial charge on any atom is 0.129 e. The van der Waals surface area contributed by atoms with Gasteiger partial charge in [0.2, 0.25) is 0 Å². The Morgan fingerprint density at radius 2 is 2.17 bits per heavy atom. The van der Waals surface area contributed by atoms with E-state index in [9.17, 15) is 0 Å². The van der Waals surface area contributed by atoms with Crippen LogP contribution < -0.4 is 5.32 Å². The van der Waals surface area contributed by atoms with Gasteiger partial charge < -0.3 is 10.4 Å². The molecule has 0 amide bonds. The van der Waals surface area contributed by atoms with Crippen LogP contribution in [0.1, 0.15) is 41.4 Å². The predicted molar refractivity (Wildman–Crippen MR) is 124 cm³/mol. The molecule has 0 saturated heterocycles. The second-order valence-electron chi connectivity index (χ2n) is 7.43. The summed E-state index contributed by atoms with van der Waals surface area (Å²) >= 11 is 1.94. The van der Waals surface area contributed by atoms with Crippen molar-refractivity contribution >= 4 is 17.6 Å². The van der Waals surface area contributed by atoms with Crippen LogP contribution in [0.25, 0.3) is 11.4 Å². The van der Waals surface area contributed by atoms with Crippen molar-refractivity contribution in [2.24, 2.45) is 0 Å². The summed E-state index contributed by atoms with van der Waals surface area (Å²) in [5, 5.41) is 17.8. The SMILES string of the molecule is CCn1nc(-c2ccccn2)c2c1N[C@@H](C)CS[C@H]2c1ccc(C#CCO)cc1C. The van der Waals surface area contributed by atoms with Crippen molar-refractivity contribution in [1.29, 1.82) is 0 Å². The summed E-state index contributed by atoms with van der Waals surface area (Å²) in [7, 11) is 0. The van der Waals surface area contributed by atoms with Crippen molar-refractivity contribution in [3.05, 3.63) is 64.8 Å². The molecule has 154 valence electrons. The van der Waals surface area contributed by atoms with Crippen molar-refractivity contribution in [3.8, 4) is 23.2 Å². The lowest BCUT2D eigenvalue weighted by molar-refractivity contribution is 0.350. The zero-order valence-corrected chi connectivity index (χ0v) is 18.3. The topological polar surface area (TPSA) is 63.0 Å². The van der Waals surface area contributed by atoms with E-state index in [1.54, 1.807) is 0 Å². The van der Waals surface area contributed by atoms with Crippen LogP contribution in [0.5, 0.6) is 0 Å². The van der Waals surface area contributed by atoms with Gasteiger partial charge in [0.15, 0.2) is 0 Å². The fourth-order valence-electron chi connectivity index (χ4n) is 3.83. The summed E-state index contributed by atoms with van der Waals surface area (Å²) in [4.78, 5) is 4.60. The molecule has 2 aromatic heterocycles.